The van der Waals surface area contributed by atoms with E-state index in [1.54, 1.807) is 11.8 Å². The molecular weight excluding hydrogens is 232 g/mol. The summed E-state index contributed by atoms with van der Waals surface area (Å²) in [5, 5.41) is 8.88. The quantitative estimate of drug-likeness (QED) is 0.762. The molecule has 0 aromatic rings. The van der Waals surface area contributed by atoms with Crippen molar-refractivity contribution in [2.75, 3.05) is 26.2 Å². The second-order valence-corrected chi connectivity index (χ2v) is 4.98. The first kappa shape index (κ1) is 14.7. The van der Waals surface area contributed by atoms with E-state index >= 15 is 0 Å². The topological polar surface area (TPSA) is 60.9 Å². The minimum Gasteiger partial charge on any atom is -0.478 e. The van der Waals surface area contributed by atoms with Gasteiger partial charge in [0.05, 0.1) is 0 Å². The fraction of sp³-hybridized carbons (Fsp3) is 0.692. The lowest BCUT2D eigenvalue weighted by atomic mass is 10.1. The van der Waals surface area contributed by atoms with Gasteiger partial charge in [0.15, 0.2) is 0 Å². The Morgan fingerprint density at radius 2 is 1.50 bits per heavy atom. The number of hydrogen-bond acceptors (Lipinski definition) is 3. The fourth-order valence-corrected chi connectivity index (χ4v) is 2.00. The number of rotatable bonds is 3. The smallest absolute Gasteiger partial charge is 0.331 e. The van der Waals surface area contributed by atoms with E-state index in [0.717, 1.165) is 13.1 Å². The number of carboxylic acid groups (broad SMARTS) is 1. The van der Waals surface area contributed by atoms with E-state index in [2.05, 4.69) is 18.7 Å². The predicted octanol–water partition coefficient (Wildman–Crippen LogP) is 0.960. The summed E-state index contributed by atoms with van der Waals surface area (Å²) >= 11 is 0. The normalized spacial score (nSPS) is 18.8. The van der Waals surface area contributed by atoms with Gasteiger partial charge in [0.2, 0.25) is 5.91 Å². The maximum Gasteiger partial charge on any atom is 0.331 e. The molecule has 5 nitrogen and oxygen atoms in total. The van der Waals surface area contributed by atoms with Crippen molar-refractivity contribution in [1.82, 2.24) is 9.80 Å². The molecule has 1 amide bonds. The summed E-state index contributed by atoms with van der Waals surface area (Å²) < 4.78 is 0. The molecule has 1 aliphatic rings. The van der Waals surface area contributed by atoms with E-state index in [4.69, 9.17) is 5.11 Å². The summed E-state index contributed by atoms with van der Waals surface area (Å²) in [7, 11) is 0. The lowest BCUT2D eigenvalue weighted by Gasteiger charge is -2.37. The van der Waals surface area contributed by atoms with E-state index in [1.807, 2.05) is 0 Å². The zero-order valence-corrected chi connectivity index (χ0v) is 11.6. The Hall–Kier alpha value is -1.36. The van der Waals surface area contributed by atoms with E-state index in [1.165, 1.54) is 6.92 Å². The molecule has 0 bridgehead atoms. The number of piperazine rings is 1. The molecule has 0 saturated carbocycles. The van der Waals surface area contributed by atoms with Gasteiger partial charge in [-0.1, -0.05) is 0 Å². The third kappa shape index (κ3) is 3.32. The Morgan fingerprint density at radius 3 is 1.89 bits per heavy atom. The summed E-state index contributed by atoms with van der Waals surface area (Å²) in [5.41, 5.74) is 0.465. The first-order chi connectivity index (χ1) is 8.34. The van der Waals surface area contributed by atoms with Crippen LogP contribution in [0.4, 0.5) is 0 Å². The monoisotopic (exact) mass is 254 g/mol. The highest BCUT2D eigenvalue weighted by Crippen LogP contribution is 2.12. The number of aliphatic carboxylic acids is 1. The molecule has 1 saturated heterocycles. The van der Waals surface area contributed by atoms with Gasteiger partial charge in [-0.15, -0.1) is 0 Å². The lowest BCUT2D eigenvalue weighted by molar-refractivity contribution is -0.134. The average Bonchev–Trinajstić information content (AvgIpc) is 2.36. The third-order valence-corrected chi connectivity index (χ3v) is 3.54. The van der Waals surface area contributed by atoms with Crippen molar-refractivity contribution in [1.29, 1.82) is 0 Å². The Bertz CT molecular complexity index is 366. The molecule has 0 spiro atoms. The van der Waals surface area contributed by atoms with Gasteiger partial charge in [-0.2, -0.15) is 0 Å². The van der Waals surface area contributed by atoms with Crippen molar-refractivity contribution in [2.24, 2.45) is 0 Å². The number of carbonyl (C=O) groups is 2. The molecule has 0 aliphatic carbocycles. The molecule has 102 valence electrons. The van der Waals surface area contributed by atoms with Gasteiger partial charge in [-0.25, -0.2) is 4.79 Å². The van der Waals surface area contributed by atoms with Crippen LogP contribution >= 0.6 is 0 Å². The maximum atomic E-state index is 12.1. The Morgan fingerprint density at radius 1 is 1.00 bits per heavy atom. The van der Waals surface area contributed by atoms with E-state index in [9.17, 15) is 9.59 Å². The summed E-state index contributed by atoms with van der Waals surface area (Å²) in [6.45, 7) is 10.4. The summed E-state index contributed by atoms with van der Waals surface area (Å²) in [5.74, 6) is -1.18. The molecule has 0 aromatic heterocycles. The molecule has 18 heavy (non-hydrogen) atoms. The molecule has 1 aliphatic heterocycles. The Balaban J connectivity index is 2.66. The number of nitrogens with zero attached hydrogens (tertiary/aromatic N) is 2. The molecule has 1 rings (SSSR count). The largest absolute Gasteiger partial charge is 0.478 e. The first-order valence-electron chi connectivity index (χ1n) is 6.28. The molecule has 0 radical (unpaired) electrons. The average molecular weight is 254 g/mol. The van der Waals surface area contributed by atoms with Crippen LogP contribution in [0.25, 0.3) is 0 Å². The standard InChI is InChI=1S/C13H22N2O3/c1-9(2)14-5-7-15(8-6-14)12(16)10(3)11(4)13(17)18/h9H,5-8H2,1-4H3,(H,17,18). The van der Waals surface area contributed by atoms with Crippen LogP contribution in [-0.2, 0) is 9.59 Å². The SMILES string of the molecule is CC(C(=O)O)=C(C)C(=O)N1CCN(C(C)C)CC1. The van der Waals surface area contributed by atoms with E-state index in [0.29, 0.717) is 24.7 Å². The van der Waals surface area contributed by atoms with Gasteiger partial charge in [-0.3, -0.25) is 9.69 Å². The van der Waals surface area contributed by atoms with Gasteiger partial charge in [0.1, 0.15) is 0 Å². The van der Waals surface area contributed by atoms with Gasteiger partial charge in [0, 0.05) is 43.4 Å². The number of amides is 1. The first-order valence-corrected chi connectivity index (χ1v) is 6.28. The summed E-state index contributed by atoms with van der Waals surface area (Å²) in [6, 6.07) is 0.486. The van der Waals surface area contributed by atoms with Gasteiger partial charge in [0.25, 0.3) is 0 Å². The van der Waals surface area contributed by atoms with Gasteiger partial charge >= 0.3 is 5.97 Å². The highest BCUT2D eigenvalue weighted by Gasteiger charge is 2.24. The Kier molecular flexibility index (Phi) is 4.90. The van der Waals surface area contributed by atoms with Crippen LogP contribution in [-0.4, -0.2) is 59.0 Å². The van der Waals surface area contributed by atoms with Crippen LogP contribution in [0.1, 0.15) is 27.7 Å². The molecule has 1 N–H and O–H groups in total. The van der Waals surface area contributed by atoms with Crippen molar-refractivity contribution in [2.45, 2.75) is 33.7 Å². The number of hydrogen-bond donors (Lipinski definition) is 1. The van der Waals surface area contributed by atoms with Crippen molar-refractivity contribution in [3.63, 3.8) is 0 Å². The second kappa shape index (κ2) is 6.00. The van der Waals surface area contributed by atoms with Crippen molar-refractivity contribution < 1.29 is 14.7 Å². The molecule has 1 fully saturated rings. The van der Waals surface area contributed by atoms with Gasteiger partial charge in [-0.05, 0) is 27.7 Å². The predicted molar refractivity (Wildman–Crippen MR) is 69.3 cm³/mol. The zero-order valence-electron chi connectivity index (χ0n) is 11.6. The van der Waals surface area contributed by atoms with E-state index in [-0.39, 0.29) is 11.5 Å². The molecular formula is C13H22N2O3. The van der Waals surface area contributed by atoms with Crippen LogP contribution in [0.5, 0.6) is 0 Å². The highest BCUT2D eigenvalue weighted by atomic mass is 16.4. The minimum atomic E-state index is -1.03. The number of carbonyl (C=O) groups excluding carboxylic acids is 1. The minimum absolute atomic E-state index is 0.131. The van der Waals surface area contributed by atoms with Crippen molar-refractivity contribution >= 4 is 11.9 Å². The number of carboxylic acids is 1. The van der Waals surface area contributed by atoms with Crippen LogP contribution < -0.4 is 0 Å². The van der Waals surface area contributed by atoms with E-state index < -0.39 is 5.97 Å². The van der Waals surface area contributed by atoms with Crippen LogP contribution in [0, 0.1) is 0 Å². The van der Waals surface area contributed by atoms with Crippen LogP contribution in [0.3, 0.4) is 0 Å². The molecule has 5 heteroatoms. The lowest BCUT2D eigenvalue weighted by Crippen LogP contribution is -2.51. The molecule has 0 atom stereocenters. The van der Waals surface area contributed by atoms with Crippen LogP contribution in [0.2, 0.25) is 0 Å². The Labute approximate surface area is 108 Å². The van der Waals surface area contributed by atoms with Crippen molar-refractivity contribution in [3.05, 3.63) is 11.1 Å². The maximum absolute atomic E-state index is 12.1. The van der Waals surface area contributed by atoms with Crippen molar-refractivity contribution in [3.8, 4) is 0 Å². The molecule has 1 heterocycles. The molecule has 0 unspecified atom stereocenters. The van der Waals surface area contributed by atoms with Crippen LogP contribution in [0.15, 0.2) is 11.1 Å². The highest BCUT2D eigenvalue weighted by molar-refractivity contribution is 6.01. The fourth-order valence-electron chi connectivity index (χ4n) is 2.00. The molecule has 0 aromatic carbocycles. The van der Waals surface area contributed by atoms with Gasteiger partial charge < -0.3 is 10.0 Å². The second-order valence-electron chi connectivity index (χ2n) is 4.98. The third-order valence-electron chi connectivity index (χ3n) is 3.54. The zero-order chi connectivity index (χ0) is 13.9. The summed E-state index contributed by atoms with van der Waals surface area (Å²) in [4.78, 5) is 27.0. The summed E-state index contributed by atoms with van der Waals surface area (Å²) in [6.07, 6.45) is 0.